The molecular weight excluding hydrogens is 286 g/mol. The average Bonchev–Trinajstić information content (AvgIpc) is 2.57. The third-order valence-corrected chi connectivity index (χ3v) is 4.36. The van der Waals surface area contributed by atoms with Gasteiger partial charge in [-0.1, -0.05) is 31.6 Å². The molecule has 1 aromatic rings. The first kappa shape index (κ1) is 17.7. The van der Waals surface area contributed by atoms with Crippen LogP contribution in [-0.2, 0) is 4.79 Å². The van der Waals surface area contributed by atoms with Crippen LogP contribution in [0.2, 0.25) is 0 Å². The third-order valence-electron chi connectivity index (χ3n) is 4.36. The van der Waals surface area contributed by atoms with Crippen molar-refractivity contribution >= 4 is 11.7 Å². The van der Waals surface area contributed by atoms with Crippen LogP contribution in [0.3, 0.4) is 0 Å². The van der Waals surface area contributed by atoms with Crippen LogP contribution in [0, 0.1) is 12.8 Å². The number of anilines is 1. The summed E-state index contributed by atoms with van der Waals surface area (Å²) in [5, 5.41) is 2.94. The number of pyridine rings is 1. The first-order valence-electron chi connectivity index (χ1n) is 8.80. The Bertz CT molecular complexity index is 502. The minimum Gasteiger partial charge on any atom is -0.310 e. The Morgan fingerprint density at radius 1 is 1.30 bits per heavy atom. The van der Waals surface area contributed by atoms with Crippen molar-refractivity contribution in [1.82, 2.24) is 9.88 Å². The molecule has 4 heteroatoms. The van der Waals surface area contributed by atoms with Crippen LogP contribution in [-0.4, -0.2) is 35.4 Å². The van der Waals surface area contributed by atoms with E-state index in [4.69, 9.17) is 0 Å². The second-order valence-corrected chi connectivity index (χ2v) is 6.37. The molecular formula is C19H29N3O. The minimum absolute atomic E-state index is 0.115. The Labute approximate surface area is 140 Å². The number of aromatic nitrogens is 1. The van der Waals surface area contributed by atoms with Gasteiger partial charge in [-0.3, -0.25) is 4.79 Å². The molecule has 23 heavy (non-hydrogen) atoms. The fourth-order valence-corrected chi connectivity index (χ4v) is 2.85. The summed E-state index contributed by atoms with van der Waals surface area (Å²) in [5.41, 5.74) is 1.10. The number of hydrogen-bond donors (Lipinski definition) is 1. The van der Waals surface area contributed by atoms with Crippen molar-refractivity contribution in [2.75, 3.05) is 25.0 Å². The van der Waals surface area contributed by atoms with Crippen molar-refractivity contribution in [3.8, 4) is 0 Å². The molecule has 2 heterocycles. The summed E-state index contributed by atoms with van der Waals surface area (Å²) in [6.45, 7) is 7.33. The van der Waals surface area contributed by atoms with Gasteiger partial charge in [-0.2, -0.15) is 0 Å². The third kappa shape index (κ3) is 6.14. The standard InChI is InChI=1S/C19H29N3O/c1-3-4-5-6-7-12-22-13-10-17(11-14-22)19(23)21-18-9-8-16(2)15-20-18/h5-6,8-9,15,17H,3-4,7,10-14H2,1-2H3,(H,20,21,23). The normalized spacial score (nSPS) is 16.8. The van der Waals surface area contributed by atoms with E-state index in [-0.39, 0.29) is 11.8 Å². The highest BCUT2D eigenvalue weighted by atomic mass is 16.1. The SMILES string of the molecule is CCCC=CCCN1CCC(C(=O)Nc2ccc(C)cn2)CC1. The lowest BCUT2D eigenvalue weighted by molar-refractivity contribution is -0.121. The quantitative estimate of drug-likeness (QED) is 0.779. The zero-order valence-corrected chi connectivity index (χ0v) is 14.4. The number of rotatable bonds is 7. The molecule has 0 spiro atoms. The molecule has 2 rings (SSSR count). The van der Waals surface area contributed by atoms with E-state index in [0.717, 1.165) is 44.5 Å². The van der Waals surface area contributed by atoms with Gasteiger partial charge in [0.1, 0.15) is 5.82 Å². The molecule has 0 bridgehead atoms. The summed E-state index contributed by atoms with van der Waals surface area (Å²) in [6.07, 6.45) is 11.7. The molecule has 126 valence electrons. The molecule has 1 saturated heterocycles. The van der Waals surface area contributed by atoms with Gasteiger partial charge in [0.15, 0.2) is 0 Å². The smallest absolute Gasteiger partial charge is 0.228 e. The number of amides is 1. The maximum Gasteiger partial charge on any atom is 0.228 e. The number of nitrogens with zero attached hydrogens (tertiary/aromatic N) is 2. The molecule has 1 fully saturated rings. The van der Waals surface area contributed by atoms with Crippen LogP contribution in [0.15, 0.2) is 30.5 Å². The van der Waals surface area contributed by atoms with Gasteiger partial charge in [-0.15, -0.1) is 0 Å². The molecule has 0 unspecified atom stereocenters. The summed E-state index contributed by atoms with van der Waals surface area (Å²) in [6, 6.07) is 3.84. The Morgan fingerprint density at radius 3 is 2.70 bits per heavy atom. The van der Waals surface area contributed by atoms with E-state index in [0.29, 0.717) is 5.82 Å². The lowest BCUT2D eigenvalue weighted by Gasteiger charge is -2.30. The van der Waals surface area contributed by atoms with Gasteiger partial charge in [0, 0.05) is 18.7 Å². The Hall–Kier alpha value is -1.68. The maximum atomic E-state index is 12.3. The van der Waals surface area contributed by atoms with Crippen molar-refractivity contribution in [2.24, 2.45) is 5.92 Å². The van der Waals surface area contributed by atoms with Gasteiger partial charge >= 0.3 is 0 Å². The van der Waals surface area contributed by atoms with E-state index in [2.05, 4.69) is 34.3 Å². The summed E-state index contributed by atoms with van der Waals surface area (Å²) in [4.78, 5) is 19.0. The molecule has 0 atom stereocenters. The Kier molecular flexibility index (Phi) is 7.27. The zero-order chi connectivity index (χ0) is 16.5. The highest BCUT2D eigenvalue weighted by molar-refractivity contribution is 5.91. The first-order chi connectivity index (χ1) is 11.2. The number of allylic oxidation sites excluding steroid dienone is 1. The van der Waals surface area contributed by atoms with Gasteiger partial charge in [0.2, 0.25) is 5.91 Å². The summed E-state index contributed by atoms with van der Waals surface area (Å²) in [7, 11) is 0. The summed E-state index contributed by atoms with van der Waals surface area (Å²) >= 11 is 0. The molecule has 1 amide bonds. The van der Waals surface area contributed by atoms with E-state index >= 15 is 0 Å². The van der Waals surface area contributed by atoms with Crippen LogP contribution in [0.5, 0.6) is 0 Å². The largest absolute Gasteiger partial charge is 0.310 e. The second-order valence-electron chi connectivity index (χ2n) is 6.37. The number of piperidine rings is 1. The number of carbonyl (C=O) groups excluding carboxylic acids is 1. The average molecular weight is 315 g/mol. The number of hydrogen-bond acceptors (Lipinski definition) is 3. The highest BCUT2D eigenvalue weighted by Crippen LogP contribution is 2.19. The minimum atomic E-state index is 0.115. The van der Waals surface area contributed by atoms with Crippen molar-refractivity contribution in [3.63, 3.8) is 0 Å². The number of nitrogens with one attached hydrogen (secondary N) is 1. The van der Waals surface area contributed by atoms with Crippen LogP contribution in [0.25, 0.3) is 0 Å². The molecule has 4 nitrogen and oxygen atoms in total. The van der Waals surface area contributed by atoms with E-state index in [1.165, 1.54) is 12.8 Å². The molecule has 1 aliphatic heterocycles. The van der Waals surface area contributed by atoms with Crippen molar-refractivity contribution in [3.05, 3.63) is 36.0 Å². The molecule has 1 aliphatic rings. The number of unbranched alkanes of at least 4 members (excludes halogenated alkanes) is 1. The van der Waals surface area contributed by atoms with Crippen LogP contribution in [0.4, 0.5) is 5.82 Å². The molecule has 0 aromatic carbocycles. The van der Waals surface area contributed by atoms with Crippen LogP contribution < -0.4 is 5.32 Å². The highest BCUT2D eigenvalue weighted by Gasteiger charge is 2.24. The molecule has 0 saturated carbocycles. The van der Waals surface area contributed by atoms with E-state index < -0.39 is 0 Å². The fraction of sp³-hybridized carbons (Fsp3) is 0.579. The fourth-order valence-electron chi connectivity index (χ4n) is 2.85. The Balaban J connectivity index is 1.69. The Morgan fingerprint density at radius 2 is 2.04 bits per heavy atom. The van der Waals surface area contributed by atoms with E-state index in [1.54, 1.807) is 6.20 Å². The van der Waals surface area contributed by atoms with Gasteiger partial charge in [-0.05, 0) is 57.3 Å². The molecule has 0 aliphatic carbocycles. The molecule has 1 aromatic heterocycles. The zero-order valence-electron chi connectivity index (χ0n) is 14.4. The number of aryl methyl sites for hydroxylation is 1. The summed E-state index contributed by atoms with van der Waals surface area (Å²) in [5.74, 6) is 0.887. The molecule has 0 radical (unpaired) electrons. The predicted molar refractivity (Wildman–Crippen MR) is 95.4 cm³/mol. The number of carbonyl (C=O) groups is 1. The maximum absolute atomic E-state index is 12.3. The summed E-state index contributed by atoms with van der Waals surface area (Å²) < 4.78 is 0. The lowest BCUT2D eigenvalue weighted by atomic mass is 9.96. The van der Waals surface area contributed by atoms with Gasteiger partial charge in [0.25, 0.3) is 0 Å². The van der Waals surface area contributed by atoms with Crippen molar-refractivity contribution < 1.29 is 4.79 Å². The van der Waals surface area contributed by atoms with Crippen LogP contribution in [0.1, 0.15) is 44.6 Å². The van der Waals surface area contributed by atoms with Gasteiger partial charge < -0.3 is 10.2 Å². The second kappa shape index (κ2) is 9.46. The van der Waals surface area contributed by atoms with Crippen molar-refractivity contribution in [1.29, 1.82) is 0 Å². The van der Waals surface area contributed by atoms with Crippen molar-refractivity contribution in [2.45, 2.75) is 46.0 Å². The van der Waals surface area contributed by atoms with Gasteiger partial charge in [-0.25, -0.2) is 4.98 Å². The first-order valence-corrected chi connectivity index (χ1v) is 8.80. The van der Waals surface area contributed by atoms with E-state index in [9.17, 15) is 4.79 Å². The van der Waals surface area contributed by atoms with Gasteiger partial charge in [0.05, 0.1) is 0 Å². The topological polar surface area (TPSA) is 45.2 Å². The lowest BCUT2D eigenvalue weighted by Crippen LogP contribution is -2.38. The predicted octanol–water partition coefficient (Wildman–Crippen LogP) is 3.79. The monoisotopic (exact) mass is 315 g/mol. The molecule has 1 N–H and O–H groups in total. The number of likely N-dealkylation sites (tertiary alicyclic amines) is 1. The van der Waals surface area contributed by atoms with E-state index in [1.807, 2.05) is 19.1 Å². The van der Waals surface area contributed by atoms with Crippen LogP contribution >= 0.6 is 0 Å².